The molecule has 3 rings (SSSR count). The van der Waals surface area contributed by atoms with E-state index in [2.05, 4.69) is 4.74 Å². The molecule has 3 aromatic rings. The molecule has 0 heterocycles. The summed E-state index contributed by atoms with van der Waals surface area (Å²) in [4.78, 5) is 11.5. The van der Waals surface area contributed by atoms with Crippen LogP contribution in [-0.4, -0.2) is 24.5 Å². The maximum atomic E-state index is 14.2. The predicted octanol–water partition coefficient (Wildman–Crippen LogP) is 6.67. The normalized spacial score (nSPS) is 11.1. The van der Waals surface area contributed by atoms with Crippen molar-refractivity contribution in [3.05, 3.63) is 71.0 Å². The summed E-state index contributed by atoms with van der Waals surface area (Å²) in [5, 5.41) is 8.86. The molecule has 0 aliphatic heterocycles. The minimum atomic E-state index is -5.04. The molecular formula is C21H13ClF4O6. The van der Waals surface area contributed by atoms with Crippen LogP contribution in [0.1, 0.15) is 10.4 Å². The number of alkyl halides is 3. The van der Waals surface area contributed by atoms with Gasteiger partial charge < -0.3 is 24.1 Å². The van der Waals surface area contributed by atoms with Crippen molar-refractivity contribution in [1.29, 1.82) is 0 Å². The van der Waals surface area contributed by atoms with Gasteiger partial charge in [-0.25, -0.2) is 9.18 Å². The Labute approximate surface area is 183 Å². The first kappa shape index (κ1) is 23.0. The van der Waals surface area contributed by atoms with Gasteiger partial charge >= 0.3 is 12.3 Å². The second-order valence-electron chi connectivity index (χ2n) is 6.03. The van der Waals surface area contributed by atoms with Crippen LogP contribution >= 0.6 is 11.6 Å². The number of hydrogen-bond donors (Lipinski definition) is 1. The Kier molecular flexibility index (Phi) is 6.64. The number of hydrogen-bond acceptors (Lipinski definition) is 5. The molecule has 0 saturated carbocycles. The summed E-state index contributed by atoms with van der Waals surface area (Å²) in [6.45, 7) is 0. The predicted molar refractivity (Wildman–Crippen MR) is 105 cm³/mol. The maximum Gasteiger partial charge on any atom is 0.573 e. The Balaban J connectivity index is 2.13. The van der Waals surface area contributed by atoms with Crippen LogP contribution in [0.25, 0.3) is 0 Å². The van der Waals surface area contributed by atoms with Crippen LogP contribution in [0, 0.1) is 5.82 Å². The van der Waals surface area contributed by atoms with E-state index in [0.717, 1.165) is 31.4 Å². The van der Waals surface area contributed by atoms with Gasteiger partial charge in [0, 0.05) is 0 Å². The van der Waals surface area contributed by atoms with E-state index < -0.39 is 46.0 Å². The number of ether oxygens (including phenoxy) is 4. The molecule has 11 heteroatoms. The van der Waals surface area contributed by atoms with Gasteiger partial charge in [-0.3, -0.25) is 0 Å². The van der Waals surface area contributed by atoms with Crippen molar-refractivity contribution in [2.24, 2.45) is 0 Å². The number of carboxylic acids is 1. The highest BCUT2D eigenvalue weighted by Crippen LogP contribution is 2.49. The van der Waals surface area contributed by atoms with Crippen molar-refractivity contribution in [3.8, 4) is 34.5 Å². The van der Waals surface area contributed by atoms with Gasteiger partial charge in [0.1, 0.15) is 17.1 Å². The van der Waals surface area contributed by atoms with E-state index in [0.29, 0.717) is 0 Å². The molecule has 6 nitrogen and oxygen atoms in total. The van der Waals surface area contributed by atoms with E-state index in [1.54, 1.807) is 18.2 Å². The van der Waals surface area contributed by atoms with Gasteiger partial charge in [-0.2, -0.15) is 0 Å². The highest BCUT2D eigenvalue weighted by Gasteiger charge is 2.34. The number of rotatable bonds is 7. The van der Waals surface area contributed by atoms with Gasteiger partial charge in [0.05, 0.1) is 12.1 Å². The highest BCUT2D eigenvalue weighted by molar-refractivity contribution is 6.31. The summed E-state index contributed by atoms with van der Waals surface area (Å²) in [7, 11) is 1.12. The van der Waals surface area contributed by atoms with Gasteiger partial charge in [-0.05, 0) is 36.4 Å². The minimum Gasteiger partial charge on any atom is -0.490 e. The van der Waals surface area contributed by atoms with Gasteiger partial charge in [-0.15, -0.1) is 13.2 Å². The number of benzene rings is 3. The van der Waals surface area contributed by atoms with Crippen molar-refractivity contribution in [3.63, 3.8) is 0 Å². The number of methoxy groups -OCH3 is 1. The SMILES string of the molecule is COc1c(Oc2ccc(Cl)c(F)c2C(=O)O)ccc(OC(F)(F)F)c1Oc1ccccc1. The quantitative estimate of drug-likeness (QED) is 0.387. The van der Waals surface area contributed by atoms with Crippen LogP contribution in [0.4, 0.5) is 17.6 Å². The van der Waals surface area contributed by atoms with Gasteiger partial charge in [0.15, 0.2) is 17.3 Å². The van der Waals surface area contributed by atoms with Crippen LogP contribution in [0.3, 0.4) is 0 Å². The summed E-state index contributed by atoms with van der Waals surface area (Å²) in [5.74, 6) is -5.10. The lowest BCUT2D eigenvalue weighted by Gasteiger charge is -2.19. The molecule has 0 aliphatic rings. The third-order valence-electron chi connectivity index (χ3n) is 3.92. The van der Waals surface area contributed by atoms with Crippen LogP contribution in [0.2, 0.25) is 5.02 Å². The summed E-state index contributed by atoms with van der Waals surface area (Å²) in [6.07, 6.45) is -5.04. The Bertz CT molecular complexity index is 1140. The molecule has 0 bridgehead atoms. The number of carbonyl (C=O) groups is 1. The summed E-state index contributed by atoms with van der Waals surface area (Å²) in [6, 6.07) is 11.8. The third kappa shape index (κ3) is 5.14. The van der Waals surface area contributed by atoms with E-state index in [4.69, 9.17) is 25.8 Å². The van der Waals surface area contributed by atoms with E-state index >= 15 is 0 Å². The molecular weight excluding hydrogens is 460 g/mol. The third-order valence-corrected chi connectivity index (χ3v) is 4.22. The molecule has 32 heavy (non-hydrogen) atoms. The Morgan fingerprint density at radius 2 is 1.53 bits per heavy atom. The Hall–Kier alpha value is -3.66. The first-order valence-corrected chi connectivity index (χ1v) is 9.07. The topological polar surface area (TPSA) is 74.2 Å². The van der Waals surface area contributed by atoms with E-state index in [-0.39, 0.29) is 17.2 Å². The van der Waals surface area contributed by atoms with E-state index in [1.165, 1.54) is 12.1 Å². The number of halogens is 5. The molecule has 0 unspecified atom stereocenters. The molecule has 0 saturated heterocycles. The highest BCUT2D eigenvalue weighted by atomic mass is 35.5. The largest absolute Gasteiger partial charge is 0.573 e. The molecule has 0 amide bonds. The monoisotopic (exact) mass is 472 g/mol. The Morgan fingerprint density at radius 1 is 0.906 bits per heavy atom. The first-order valence-electron chi connectivity index (χ1n) is 8.69. The molecule has 0 spiro atoms. The molecule has 1 N–H and O–H groups in total. The molecule has 168 valence electrons. The molecule has 3 aromatic carbocycles. The lowest BCUT2D eigenvalue weighted by molar-refractivity contribution is -0.275. The second-order valence-corrected chi connectivity index (χ2v) is 6.44. The molecule has 0 aliphatic carbocycles. The second kappa shape index (κ2) is 9.23. The summed E-state index contributed by atoms with van der Waals surface area (Å²) >= 11 is 5.63. The van der Waals surface area contributed by atoms with Crippen LogP contribution in [-0.2, 0) is 0 Å². The molecule has 0 atom stereocenters. The average molecular weight is 473 g/mol. The van der Waals surface area contributed by atoms with Crippen molar-refractivity contribution >= 4 is 17.6 Å². The first-order chi connectivity index (χ1) is 15.1. The standard InChI is InChI=1S/C21H13ClF4O6/c1-29-18-14(31-13-8-7-12(22)17(23)16(13)20(27)28)9-10-15(32-21(24,25)26)19(18)30-11-5-3-2-4-6-11/h2-10H,1H3,(H,27,28). The van der Waals surface area contributed by atoms with Gasteiger partial charge in [-0.1, -0.05) is 29.8 Å². The lowest BCUT2D eigenvalue weighted by atomic mass is 10.2. The zero-order valence-electron chi connectivity index (χ0n) is 16.1. The Morgan fingerprint density at radius 3 is 2.12 bits per heavy atom. The van der Waals surface area contributed by atoms with Crippen LogP contribution in [0.15, 0.2) is 54.6 Å². The van der Waals surface area contributed by atoms with Gasteiger partial charge in [0.2, 0.25) is 11.5 Å². The van der Waals surface area contributed by atoms with Crippen molar-refractivity contribution < 1.29 is 46.4 Å². The number of para-hydroxylation sites is 1. The van der Waals surface area contributed by atoms with Crippen LogP contribution in [0.5, 0.6) is 34.5 Å². The fourth-order valence-electron chi connectivity index (χ4n) is 2.64. The van der Waals surface area contributed by atoms with Crippen molar-refractivity contribution in [1.82, 2.24) is 0 Å². The zero-order chi connectivity index (χ0) is 23.5. The smallest absolute Gasteiger partial charge is 0.490 e. The molecule has 0 fully saturated rings. The molecule has 0 aromatic heterocycles. The average Bonchev–Trinajstić information content (AvgIpc) is 2.72. The summed E-state index contributed by atoms with van der Waals surface area (Å²) in [5.41, 5.74) is -0.874. The maximum absolute atomic E-state index is 14.2. The zero-order valence-corrected chi connectivity index (χ0v) is 16.8. The van der Waals surface area contributed by atoms with Crippen LogP contribution < -0.4 is 18.9 Å². The lowest BCUT2D eigenvalue weighted by Crippen LogP contribution is -2.17. The summed E-state index contributed by atoms with van der Waals surface area (Å²) < 4.78 is 73.1. The fraction of sp³-hybridized carbons (Fsp3) is 0.0952. The number of aromatic carboxylic acids is 1. The van der Waals surface area contributed by atoms with Crippen molar-refractivity contribution in [2.75, 3.05) is 7.11 Å². The fourth-order valence-corrected chi connectivity index (χ4v) is 2.80. The number of carboxylic acid groups (broad SMARTS) is 1. The van der Waals surface area contributed by atoms with Gasteiger partial charge in [0.25, 0.3) is 0 Å². The molecule has 0 radical (unpaired) electrons. The minimum absolute atomic E-state index is 0.152. The van der Waals surface area contributed by atoms with Crippen molar-refractivity contribution in [2.45, 2.75) is 6.36 Å². The van der Waals surface area contributed by atoms with E-state index in [9.17, 15) is 27.5 Å². The van der Waals surface area contributed by atoms with E-state index in [1.807, 2.05) is 0 Å².